The van der Waals surface area contributed by atoms with Gasteiger partial charge in [-0.2, -0.15) is 0 Å². The van der Waals surface area contributed by atoms with Gasteiger partial charge in [-0.3, -0.25) is 14.4 Å². The molecule has 0 saturated heterocycles. The summed E-state index contributed by atoms with van der Waals surface area (Å²) < 4.78 is 6.02. The summed E-state index contributed by atoms with van der Waals surface area (Å²) in [4.78, 5) is 47.6. The molecule has 0 radical (unpaired) electrons. The maximum atomic E-state index is 12.8. The van der Waals surface area contributed by atoms with Crippen molar-refractivity contribution in [3.63, 3.8) is 0 Å². The van der Waals surface area contributed by atoms with E-state index in [2.05, 4.69) is 73.1 Å². The van der Waals surface area contributed by atoms with Crippen LogP contribution in [0.4, 0.5) is 0 Å². The fourth-order valence-electron chi connectivity index (χ4n) is 6.24. The van der Waals surface area contributed by atoms with Crippen molar-refractivity contribution >= 4 is 23.8 Å². The molecule has 0 fully saturated rings. The highest BCUT2D eigenvalue weighted by Crippen LogP contribution is 2.19. The maximum Gasteiger partial charge on any atom is 0.328 e. The first-order valence-corrected chi connectivity index (χ1v) is 22.0. The quantitative estimate of drug-likeness (QED) is 0.0277. The molecule has 0 aliphatic carbocycles. The first-order chi connectivity index (χ1) is 26.8. The van der Waals surface area contributed by atoms with Crippen LogP contribution >= 0.6 is 0 Å². The van der Waals surface area contributed by atoms with Crippen LogP contribution in [0.3, 0.4) is 0 Å². The SMILES string of the molecule is CC/C=C\C/C=C\C/C=C\C/C=C\CCCCCCC(=O)OC(CCCCCCCCCCCC)CCCCCCCC(=O)NCC(=O)NC(CO)C(=O)O. The van der Waals surface area contributed by atoms with Gasteiger partial charge in [-0.05, 0) is 77.0 Å². The van der Waals surface area contributed by atoms with Gasteiger partial charge in [0.15, 0.2) is 0 Å². The van der Waals surface area contributed by atoms with Crippen molar-refractivity contribution in [3.05, 3.63) is 48.6 Å². The van der Waals surface area contributed by atoms with Gasteiger partial charge in [0.05, 0.1) is 13.2 Å². The number of carboxylic acid groups (broad SMARTS) is 1. The van der Waals surface area contributed by atoms with Crippen LogP contribution in [0.15, 0.2) is 48.6 Å². The Balaban J connectivity index is 4.31. The molecule has 0 aliphatic rings. The highest BCUT2D eigenvalue weighted by molar-refractivity contribution is 5.87. The van der Waals surface area contributed by atoms with Crippen molar-refractivity contribution in [1.29, 1.82) is 0 Å². The van der Waals surface area contributed by atoms with Gasteiger partial charge in [-0.25, -0.2) is 4.79 Å². The van der Waals surface area contributed by atoms with E-state index in [9.17, 15) is 19.2 Å². The number of aliphatic hydroxyl groups is 1. The second-order valence-corrected chi connectivity index (χ2v) is 14.8. The van der Waals surface area contributed by atoms with Gasteiger partial charge in [-0.1, -0.05) is 152 Å². The molecule has 4 N–H and O–H groups in total. The maximum absolute atomic E-state index is 12.8. The number of ether oxygens (including phenoxy) is 1. The molecule has 0 aliphatic heterocycles. The number of rotatable bonds is 39. The van der Waals surface area contributed by atoms with Crippen LogP contribution in [0.5, 0.6) is 0 Å². The Bertz CT molecular complexity index is 1070. The third-order valence-electron chi connectivity index (χ3n) is 9.59. The largest absolute Gasteiger partial charge is 0.480 e. The number of hydrogen-bond acceptors (Lipinski definition) is 6. The lowest BCUT2D eigenvalue weighted by molar-refractivity contribution is -0.150. The summed E-state index contributed by atoms with van der Waals surface area (Å²) in [5.41, 5.74) is 0. The minimum Gasteiger partial charge on any atom is -0.480 e. The monoisotopic (exact) mass is 773 g/mol. The molecule has 0 heterocycles. The molecule has 9 nitrogen and oxygen atoms in total. The summed E-state index contributed by atoms with van der Waals surface area (Å²) in [6.07, 6.45) is 47.0. The fraction of sp³-hybridized carbons (Fsp3) is 0.739. The van der Waals surface area contributed by atoms with Gasteiger partial charge in [0.1, 0.15) is 12.1 Å². The number of allylic oxidation sites excluding steroid dienone is 8. The first kappa shape index (κ1) is 51.8. The van der Waals surface area contributed by atoms with Crippen LogP contribution < -0.4 is 10.6 Å². The fourth-order valence-corrected chi connectivity index (χ4v) is 6.24. The topological polar surface area (TPSA) is 142 Å². The molecule has 0 rings (SSSR count). The highest BCUT2D eigenvalue weighted by atomic mass is 16.5. The van der Waals surface area contributed by atoms with Crippen LogP contribution in [0, 0.1) is 0 Å². The Hall–Kier alpha value is -3.20. The number of hydrogen-bond donors (Lipinski definition) is 4. The number of nitrogens with one attached hydrogen (secondary N) is 2. The predicted octanol–water partition coefficient (Wildman–Crippen LogP) is 10.8. The molecular weight excluding hydrogens is 693 g/mol. The van der Waals surface area contributed by atoms with Crippen molar-refractivity contribution in [2.75, 3.05) is 13.2 Å². The number of carbonyl (C=O) groups excluding carboxylic acids is 3. The summed E-state index contributed by atoms with van der Waals surface area (Å²) >= 11 is 0. The molecule has 316 valence electrons. The van der Waals surface area contributed by atoms with Gasteiger partial charge in [0.2, 0.25) is 11.8 Å². The van der Waals surface area contributed by atoms with Crippen LogP contribution in [0.25, 0.3) is 0 Å². The molecule has 2 unspecified atom stereocenters. The van der Waals surface area contributed by atoms with E-state index in [1.54, 1.807) is 0 Å². The summed E-state index contributed by atoms with van der Waals surface area (Å²) in [6.45, 7) is 3.36. The van der Waals surface area contributed by atoms with Crippen LogP contribution in [-0.4, -0.2) is 59.3 Å². The Morgan fingerprint density at radius 3 is 1.56 bits per heavy atom. The molecular formula is C46H80N2O7. The standard InChI is InChI=1S/C46H80N2O7/c1-3-5-7-9-11-13-15-16-17-18-19-20-21-23-25-30-34-38-45(52)55-41(35-31-27-24-22-14-12-10-8-6-4-2)36-32-28-26-29-33-37-43(50)47-39-44(51)48-42(40-49)46(53)54/h5,7,11,13,16-17,19-20,41-42,49H,3-4,6,8-10,12,14-15,18,21-40H2,1-2H3,(H,47,50)(H,48,51)(H,53,54)/b7-5-,13-11-,17-16-,20-19-. The number of unbranched alkanes of at least 4 members (excludes halogenated alkanes) is 17. The zero-order valence-electron chi connectivity index (χ0n) is 34.9. The summed E-state index contributed by atoms with van der Waals surface area (Å²) in [5.74, 6) is -2.32. The normalized spacial score (nSPS) is 12.9. The lowest BCUT2D eigenvalue weighted by Gasteiger charge is -2.18. The smallest absolute Gasteiger partial charge is 0.328 e. The molecule has 55 heavy (non-hydrogen) atoms. The Labute approximate surface area is 335 Å². The van der Waals surface area contributed by atoms with Crippen molar-refractivity contribution in [2.45, 2.75) is 206 Å². The van der Waals surface area contributed by atoms with E-state index in [-0.39, 0.29) is 24.5 Å². The predicted molar refractivity (Wildman–Crippen MR) is 227 cm³/mol. The molecule has 2 amide bonds. The van der Waals surface area contributed by atoms with Crippen LogP contribution in [0.1, 0.15) is 194 Å². The van der Waals surface area contributed by atoms with Gasteiger partial charge in [-0.15, -0.1) is 0 Å². The van der Waals surface area contributed by atoms with E-state index in [4.69, 9.17) is 14.9 Å². The zero-order chi connectivity index (χ0) is 40.5. The average molecular weight is 773 g/mol. The molecule has 0 aromatic rings. The average Bonchev–Trinajstić information content (AvgIpc) is 3.17. The van der Waals surface area contributed by atoms with E-state index < -0.39 is 24.5 Å². The van der Waals surface area contributed by atoms with E-state index in [1.165, 1.54) is 57.8 Å². The number of carboxylic acids is 1. The second-order valence-electron chi connectivity index (χ2n) is 14.8. The second kappa shape index (κ2) is 40.5. The number of esters is 1. The van der Waals surface area contributed by atoms with Gasteiger partial charge >= 0.3 is 11.9 Å². The van der Waals surface area contributed by atoms with Gasteiger partial charge < -0.3 is 25.6 Å². The number of amides is 2. The number of carbonyl (C=O) groups is 4. The van der Waals surface area contributed by atoms with Crippen molar-refractivity contribution in [1.82, 2.24) is 10.6 Å². The molecule has 0 aromatic heterocycles. The third-order valence-corrected chi connectivity index (χ3v) is 9.59. The summed E-state index contributed by atoms with van der Waals surface area (Å²) in [6, 6.07) is -1.38. The summed E-state index contributed by atoms with van der Waals surface area (Å²) in [7, 11) is 0. The van der Waals surface area contributed by atoms with E-state index in [1.807, 2.05) is 0 Å². The lowest BCUT2D eigenvalue weighted by atomic mass is 10.0. The van der Waals surface area contributed by atoms with Gasteiger partial charge in [0, 0.05) is 12.8 Å². The van der Waals surface area contributed by atoms with E-state index in [0.29, 0.717) is 19.3 Å². The van der Waals surface area contributed by atoms with Gasteiger partial charge in [0.25, 0.3) is 0 Å². The number of aliphatic hydroxyl groups excluding tert-OH is 1. The minimum atomic E-state index is -1.38. The molecule has 0 saturated carbocycles. The molecule has 0 spiro atoms. The van der Waals surface area contributed by atoms with Crippen LogP contribution in [0.2, 0.25) is 0 Å². The van der Waals surface area contributed by atoms with E-state index in [0.717, 1.165) is 103 Å². The number of aliphatic carboxylic acids is 1. The van der Waals surface area contributed by atoms with Crippen molar-refractivity contribution < 1.29 is 34.1 Å². The highest BCUT2D eigenvalue weighted by Gasteiger charge is 2.19. The molecule has 2 atom stereocenters. The minimum absolute atomic E-state index is 0.0248. The Morgan fingerprint density at radius 2 is 1.04 bits per heavy atom. The Morgan fingerprint density at radius 1 is 0.564 bits per heavy atom. The van der Waals surface area contributed by atoms with Crippen molar-refractivity contribution in [3.8, 4) is 0 Å². The third kappa shape index (κ3) is 37.5. The van der Waals surface area contributed by atoms with E-state index >= 15 is 0 Å². The Kier molecular flexibility index (Phi) is 38.1. The first-order valence-electron chi connectivity index (χ1n) is 22.0. The molecule has 0 aromatic carbocycles. The van der Waals surface area contributed by atoms with Crippen molar-refractivity contribution in [2.24, 2.45) is 0 Å². The summed E-state index contributed by atoms with van der Waals surface area (Å²) in [5, 5.41) is 22.5. The molecule has 0 bridgehead atoms. The molecule has 9 heteroatoms. The lowest BCUT2D eigenvalue weighted by Crippen LogP contribution is -2.47. The van der Waals surface area contributed by atoms with Crippen LogP contribution in [-0.2, 0) is 23.9 Å². The zero-order valence-corrected chi connectivity index (χ0v) is 34.9.